The smallest absolute Gasteiger partial charge is 0.339 e. The Labute approximate surface area is 195 Å². The highest BCUT2D eigenvalue weighted by molar-refractivity contribution is 8.00. The molecule has 0 aliphatic rings. The molecule has 3 aromatic rings. The molecule has 0 unspecified atom stereocenters. The number of amides is 2. The number of carbonyl (C=O) groups is 3. The summed E-state index contributed by atoms with van der Waals surface area (Å²) in [5.41, 5.74) is 2.61. The van der Waals surface area contributed by atoms with Gasteiger partial charge in [-0.1, -0.05) is 47.5 Å². The van der Waals surface area contributed by atoms with E-state index in [4.69, 9.17) is 16.3 Å². The highest BCUT2D eigenvalue weighted by Crippen LogP contribution is 2.24. The summed E-state index contributed by atoms with van der Waals surface area (Å²) in [5.74, 6) is -1.20. The van der Waals surface area contributed by atoms with E-state index >= 15 is 0 Å². The first-order chi connectivity index (χ1) is 15.4. The minimum atomic E-state index is -0.645. The van der Waals surface area contributed by atoms with Crippen LogP contribution in [0, 0.1) is 6.92 Å². The number of anilines is 2. The molecule has 3 rings (SSSR count). The van der Waals surface area contributed by atoms with Crippen LogP contribution in [0.3, 0.4) is 0 Å². The van der Waals surface area contributed by atoms with Gasteiger partial charge in [0.25, 0.3) is 5.91 Å². The van der Waals surface area contributed by atoms with Crippen molar-refractivity contribution in [3.8, 4) is 0 Å². The van der Waals surface area contributed by atoms with Gasteiger partial charge < -0.3 is 15.4 Å². The molecule has 0 saturated heterocycles. The van der Waals surface area contributed by atoms with Gasteiger partial charge in [0.05, 0.1) is 11.3 Å². The lowest BCUT2D eigenvalue weighted by Gasteiger charge is -2.10. The predicted molar refractivity (Wildman–Crippen MR) is 127 cm³/mol. The summed E-state index contributed by atoms with van der Waals surface area (Å²) in [6.07, 6.45) is 0. The molecule has 0 heterocycles. The summed E-state index contributed by atoms with van der Waals surface area (Å²) < 4.78 is 5.15. The van der Waals surface area contributed by atoms with E-state index in [9.17, 15) is 14.4 Å². The molecule has 0 aromatic heterocycles. The minimum Gasteiger partial charge on any atom is -0.452 e. The van der Waals surface area contributed by atoms with Crippen LogP contribution in [0.25, 0.3) is 0 Å². The van der Waals surface area contributed by atoms with Gasteiger partial charge in [0, 0.05) is 21.3 Å². The van der Waals surface area contributed by atoms with Crippen molar-refractivity contribution in [2.45, 2.75) is 11.8 Å². The van der Waals surface area contributed by atoms with Crippen LogP contribution in [0.15, 0.2) is 77.7 Å². The number of hydrogen-bond acceptors (Lipinski definition) is 5. The summed E-state index contributed by atoms with van der Waals surface area (Å²) in [4.78, 5) is 37.4. The molecule has 32 heavy (non-hydrogen) atoms. The number of esters is 1. The van der Waals surface area contributed by atoms with Crippen LogP contribution >= 0.6 is 23.4 Å². The number of halogens is 1. The van der Waals surface area contributed by atoms with Crippen LogP contribution in [-0.4, -0.2) is 30.1 Å². The minimum absolute atomic E-state index is 0.118. The first kappa shape index (κ1) is 23.4. The Hall–Kier alpha value is -3.29. The van der Waals surface area contributed by atoms with E-state index in [2.05, 4.69) is 10.6 Å². The number of ether oxygens (including phenoxy) is 1. The lowest BCUT2D eigenvalue weighted by molar-refractivity contribution is -0.119. The molecule has 164 valence electrons. The molecule has 0 radical (unpaired) electrons. The van der Waals surface area contributed by atoms with Crippen LogP contribution in [0.2, 0.25) is 5.02 Å². The molecular formula is C24H21ClN2O4S. The molecule has 3 aromatic carbocycles. The molecule has 0 atom stereocenters. The van der Waals surface area contributed by atoms with E-state index < -0.39 is 18.5 Å². The highest BCUT2D eigenvalue weighted by Gasteiger charge is 2.16. The zero-order chi connectivity index (χ0) is 22.9. The van der Waals surface area contributed by atoms with Gasteiger partial charge in [-0.3, -0.25) is 9.59 Å². The molecule has 2 amide bonds. The van der Waals surface area contributed by atoms with Gasteiger partial charge in [0.1, 0.15) is 0 Å². The zero-order valence-corrected chi connectivity index (χ0v) is 18.8. The van der Waals surface area contributed by atoms with Crippen LogP contribution in [0.5, 0.6) is 0 Å². The summed E-state index contributed by atoms with van der Waals surface area (Å²) >= 11 is 7.11. The number of rotatable bonds is 8. The van der Waals surface area contributed by atoms with Gasteiger partial charge in [-0.25, -0.2) is 4.79 Å². The van der Waals surface area contributed by atoms with Gasteiger partial charge in [-0.2, -0.15) is 0 Å². The third kappa shape index (κ3) is 7.14. The van der Waals surface area contributed by atoms with Gasteiger partial charge >= 0.3 is 5.97 Å². The maximum atomic E-state index is 12.5. The Morgan fingerprint density at radius 2 is 1.59 bits per heavy atom. The number of carbonyl (C=O) groups excluding carboxylic acids is 3. The van der Waals surface area contributed by atoms with Gasteiger partial charge in [0.15, 0.2) is 6.61 Å². The summed E-state index contributed by atoms with van der Waals surface area (Å²) in [6, 6.07) is 20.9. The molecule has 0 aliphatic carbocycles. The van der Waals surface area contributed by atoms with E-state index in [0.29, 0.717) is 21.3 Å². The van der Waals surface area contributed by atoms with Gasteiger partial charge in [0.2, 0.25) is 5.91 Å². The van der Waals surface area contributed by atoms with Gasteiger partial charge in [-0.15, -0.1) is 11.8 Å². The Morgan fingerprint density at radius 3 is 2.34 bits per heavy atom. The van der Waals surface area contributed by atoms with E-state index in [1.807, 2.05) is 31.2 Å². The molecule has 0 fully saturated rings. The fraction of sp³-hybridized carbons (Fsp3) is 0.125. The maximum Gasteiger partial charge on any atom is 0.339 e. The van der Waals surface area contributed by atoms with Crippen molar-refractivity contribution < 1.29 is 19.1 Å². The van der Waals surface area contributed by atoms with Crippen LogP contribution in [-0.2, 0) is 14.3 Å². The first-order valence-electron chi connectivity index (χ1n) is 9.71. The van der Waals surface area contributed by atoms with Crippen LogP contribution < -0.4 is 10.6 Å². The Morgan fingerprint density at radius 1 is 0.875 bits per heavy atom. The van der Waals surface area contributed by atoms with E-state index in [-0.39, 0.29) is 17.2 Å². The number of benzene rings is 3. The number of nitrogens with one attached hydrogen (secondary N) is 2. The molecule has 0 bridgehead atoms. The third-order valence-corrected chi connectivity index (χ3v) is 5.55. The Balaban J connectivity index is 1.53. The Bertz CT molecular complexity index is 1120. The number of hydrogen-bond donors (Lipinski definition) is 2. The van der Waals surface area contributed by atoms with Crippen molar-refractivity contribution in [3.63, 3.8) is 0 Å². The lowest BCUT2D eigenvalue weighted by atomic mass is 10.2. The van der Waals surface area contributed by atoms with Gasteiger partial charge in [-0.05, 0) is 49.4 Å². The monoisotopic (exact) mass is 468 g/mol. The molecule has 6 nitrogen and oxygen atoms in total. The topological polar surface area (TPSA) is 84.5 Å². The average Bonchev–Trinajstić information content (AvgIpc) is 2.78. The molecule has 0 aliphatic heterocycles. The quantitative estimate of drug-likeness (QED) is 0.351. The number of thioether (sulfide) groups is 1. The number of aryl methyl sites for hydroxylation is 1. The Kier molecular flexibility index (Phi) is 8.30. The van der Waals surface area contributed by atoms with Crippen molar-refractivity contribution in [3.05, 3.63) is 88.9 Å². The fourth-order valence-corrected chi connectivity index (χ4v) is 3.74. The second-order valence-electron chi connectivity index (χ2n) is 6.83. The van der Waals surface area contributed by atoms with Crippen molar-refractivity contribution in [2.24, 2.45) is 0 Å². The lowest BCUT2D eigenvalue weighted by Crippen LogP contribution is -2.21. The third-order valence-electron chi connectivity index (χ3n) is 4.24. The van der Waals surface area contributed by atoms with Crippen molar-refractivity contribution >= 4 is 52.5 Å². The summed E-state index contributed by atoms with van der Waals surface area (Å²) in [5, 5.41) is 5.91. The molecule has 0 saturated carbocycles. The average molecular weight is 469 g/mol. The van der Waals surface area contributed by atoms with Crippen LogP contribution in [0.1, 0.15) is 15.9 Å². The van der Waals surface area contributed by atoms with Crippen molar-refractivity contribution in [1.82, 2.24) is 0 Å². The normalized spacial score (nSPS) is 10.3. The zero-order valence-electron chi connectivity index (χ0n) is 17.3. The van der Waals surface area contributed by atoms with Crippen molar-refractivity contribution in [1.29, 1.82) is 0 Å². The van der Waals surface area contributed by atoms with Crippen LogP contribution in [0.4, 0.5) is 11.4 Å². The summed E-state index contributed by atoms with van der Waals surface area (Å²) in [7, 11) is 0. The predicted octanol–water partition coefficient (Wildman–Crippen LogP) is 5.17. The largest absolute Gasteiger partial charge is 0.452 e. The summed E-state index contributed by atoms with van der Waals surface area (Å²) in [6.45, 7) is 1.52. The molecule has 0 spiro atoms. The van der Waals surface area contributed by atoms with Crippen molar-refractivity contribution in [2.75, 3.05) is 23.0 Å². The fourth-order valence-electron chi connectivity index (χ4n) is 2.71. The highest BCUT2D eigenvalue weighted by atomic mass is 35.5. The first-order valence-corrected chi connectivity index (χ1v) is 11.1. The molecular weight excluding hydrogens is 448 g/mol. The molecule has 2 N–H and O–H groups in total. The van der Waals surface area contributed by atoms with E-state index in [1.54, 1.807) is 48.5 Å². The SMILES string of the molecule is Cc1ccc(NC(=O)CSc2ccccc2C(=O)OCC(=O)Nc2cccc(Cl)c2)cc1. The second kappa shape index (κ2) is 11.4. The standard InChI is InChI=1S/C24H21ClN2O4S/c1-16-9-11-18(12-10-16)26-23(29)15-32-21-8-3-2-7-20(21)24(30)31-14-22(28)27-19-6-4-5-17(25)13-19/h2-13H,14-15H2,1H3,(H,26,29)(H,27,28). The molecule has 8 heteroatoms. The van der Waals surface area contributed by atoms with E-state index in [0.717, 1.165) is 5.56 Å². The van der Waals surface area contributed by atoms with E-state index in [1.165, 1.54) is 11.8 Å². The maximum absolute atomic E-state index is 12.5. The second-order valence-corrected chi connectivity index (χ2v) is 8.29.